The van der Waals surface area contributed by atoms with E-state index in [9.17, 15) is 30.3 Å². The van der Waals surface area contributed by atoms with Gasteiger partial charge >= 0.3 is 0 Å². The van der Waals surface area contributed by atoms with Crippen LogP contribution >= 0.6 is 0 Å². The van der Waals surface area contributed by atoms with E-state index in [1.165, 1.54) is 0 Å². The van der Waals surface area contributed by atoms with Gasteiger partial charge < -0.3 is 30.3 Å². The van der Waals surface area contributed by atoms with Gasteiger partial charge in [0.25, 0.3) is 0 Å². The smallest absolute Gasteiger partial charge is 0.159 e. The largest absolute Gasteiger partial charge is 0.508 e. The number of hydrogen-bond donors (Lipinski definition) is 5. The highest BCUT2D eigenvalue weighted by molar-refractivity contribution is 5.95. The summed E-state index contributed by atoms with van der Waals surface area (Å²) in [5.41, 5.74) is -2.55. The molecule has 1 saturated heterocycles. The summed E-state index contributed by atoms with van der Waals surface area (Å²) in [7, 11) is 0. The number of epoxide rings is 1. The molecular formula is C39H56O7. The van der Waals surface area contributed by atoms with Crippen molar-refractivity contribution < 1.29 is 35.1 Å². The van der Waals surface area contributed by atoms with Gasteiger partial charge in [0.2, 0.25) is 0 Å². The molecule has 5 N–H and O–H groups in total. The first kappa shape index (κ1) is 32.8. The van der Waals surface area contributed by atoms with Gasteiger partial charge in [-0.1, -0.05) is 52.7 Å². The number of hydrogen-bond acceptors (Lipinski definition) is 7. The van der Waals surface area contributed by atoms with Crippen molar-refractivity contribution in [2.75, 3.05) is 0 Å². The van der Waals surface area contributed by atoms with Crippen LogP contribution < -0.4 is 0 Å². The Bertz CT molecular complexity index is 1390. The number of carbonyl (C=O) groups is 1. The second kappa shape index (κ2) is 10.9. The lowest BCUT2D eigenvalue weighted by Crippen LogP contribution is -2.68. The van der Waals surface area contributed by atoms with Crippen molar-refractivity contribution in [1.82, 2.24) is 0 Å². The van der Waals surface area contributed by atoms with Crippen LogP contribution in [0.1, 0.15) is 104 Å². The van der Waals surface area contributed by atoms with Crippen LogP contribution in [0.2, 0.25) is 0 Å². The number of benzene rings is 1. The molecular weight excluding hydrogens is 580 g/mol. The average molecular weight is 637 g/mol. The Hall–Kier alpha value is -1.77. The van der Waals surface area contributed by atoms with Crippen LogP contribution in [-0.4, -0.2) is 66.9 Å². The third-order valence-corrected chi connectivity index (χ3v) is 15.2. The lowest BCUT2D eigenvalue weighted by Gasteiger charge is -2.67. The van der Waals surface area contributed by atoms with Crippen molar-refractivity contribution in [1.29, 1.82) is 0 Å². The van der Waals surface area contributed by atoms with Crippen LogP contribution in [0, 0.1) is 45.8 Å². The van der Waals surface area contributed by atoms with Crippen LogP contribution in [0.3, 0.4) is 0 Å². The number of phenols is 1. The maximum absolute atomic E-state index is 14.2. The fraction of sp³-hybridized carbons (Fsp3) is 0.769. The van der Waals surface area contributed by atoms with Crippen molar-refractivity contribution >= 4 is 5.78 Å². The summed E-state index contributed by atoms with van der Waals surface area (Å²) in [6.07, 6.45) is 7.08. The molecule has 0 unspecified atom stereocenters. The Kier molecular flexibility index (Phi) is 7.74. The Morgan fingerprint density at radius 3 is 2.43 bits per heavy atom. The highest BCUT2D eigenvalue weighted by atomic mass is 16.6. The molecule has 4 saturated carbocycles. The highest BCUT2D eigenvalue weighted by Gasteiger charge is 2.75. The first-order chi connectivity index (χ1) is 21.6. The third-order valence-electron chi connectivity index (χ3n) is 15.2. The Labute approximate surface area is 274 Å². The van der Waals surface area contributed by atoms with Gasteiger partial charge in [-0.15, -0.1) is 0 Å². The number of fused-ring (bicyclic) bond motifs is 6. The molecule has 7 rings (SSSR count). The van der Waals surface area contributed by atoms with Crippen LogP contribution in [-0.2, 0) is 16.0 Å². The molecule has 0 bridgehead atoms. The number of rotatable bonds is 7. The van der Waals surface area contributed by atoms with Crippen molar-refractivity contribution in [3.63, 3.8) is 0 Å². The minimum atomic E-state index is -1.31. The van der Waals surface area contributed by atoms with Gasteiger partial charge in [0, 0.05) is 16.7 Å². The standard InChI is InChI=1S/C39H56O7/c1-22(2)23(3)32-34(46-32)36(5,44)31-13-18-39(45)27-20-29(41)28-21-30(42)33(43)38(14-6-7-15-38)35(28,4)26(27)12-17-37(31,39)16-11-24-9-8-10-25(40)19-24/h8-10,19-20,22-23,26,28,30-34,40,42-45H,6-7,11-18,21H2,1-5H3/t23-,26+,28+,30-,31-,32+,33-,34-,35-,36-,37-,39-/m1/s1. The molecule has 5 aliphatic carbocycles. The molecule has 1 aromatic carbocycles. The highest BCUT2D eigenvalue weighted by Crippen LogP contribution is 2.74. The number of aromatic hydroxyl groups is 1. The van der Waals surface area contributed by atoms with Crippen molar-refractivity contribution in [3.05, 3.63) is 41.5 Å². The number of aliphatic hydroxyl groups excluding tert-OH is 2. The summed E-state index contributed by atoms with van der Waals surface area (Å²) in [5, 5.41) is 58.8. The molecule has 1 aliphatic heterocycles. The topological polar surface area (TPSA) is 131 Å². The van der Waals surface area contributed by atoms with E-state index >= 15 is 0 Å². The van der Waals surface area contributed by atoms with E-state index in [4.69, 9.17) is 4.74 Å². The zero-order valence-electron chi connectivity index (χ0n) is 28.4. The van der Waals surface area contributed by atoms with Crippen LogP contribution in [0.25, 0.3) is 0 Å². The molecule has 254 valence electrons. The fourth-order valence-corrected chi connectivity index (χ4v) is 12.4. The molecule has 0 aromatic heterocycles. The first-order valence-corrected chi connectivity index (χ1v) is 18.1. The molecule has 0 amide bonds. The molecule has 1 aromatic rings. The number of ether oxygens (including phenoxy) is 1. The van der Waals surface area contributed by atoms with Gasteiger partial charge in [-0.25, -0.2) is 0 Å². The van der Waals surface area contributed by atoms with Crippen LogP contribution in [0.4, 0.5) is 0 Å². The SMILES string of the molecule is CC(C)[C@@H](C)[C@@H]1O[C@H]1[C@](C)(O)[C@H]1CC[C@@]2(O)C3=CC(=O)[C@@H]4C[C@@H](O)[C@@H](O)C5(CCCC5)[C@]4(C)[C@H]3CC[C@]12CCc1cccc(O)c1. The quantitative estimate of drug-likeness (QED) is 0.250. The van der Waals surface area contributed by atoms with Crippen molar-refractivity contribution in [3.8, 4) is 5.75 Å². The predicted molar refractivity (Wildman–Crippen MR) is 175 cm³/mol. The van der Waals surface area contributed by atoms with E-state index in [0.717, 1.165) is 43.2 Å². The lowest BCUT2D eigenvalue weighted by molar-refractivity contribution is -0.219. The summed E-state index contributed by atoms with van der Waals surface area (Å²) in [4.78, 5) is 14.2. The normalized spacial score (nSPS) is 44.7. The van der Waals surface area contributed by atoms with Gasteiger partial charge in [-0.3, -0.25) is 4.79 Å². The molecule has 6 aliphatic rings. The fourth-order valence-electron chi connectivity index (χ4n) is 12.4. The number of phenolic OH excluding ortho intramolecular Hbond substituents is 1. The van der Waals surface area contributed by atoms with Crippen molar-refractivity contribution in [2.45, 2.75) is 141 Å². The summed E-state index contributed by atoms with van der Waals surface area (Å²) in [5.74, 6) is 0.153. The van der Waals surface area contributed by atoms with E-state index in [2.05, 4.69) is 27.7 Å². The van der Waals surface area contributed by atoms with E-state index in [0.29, 0.717) is 43.9 Å². The summed E-state index contributed by atoms with van der Waals surface area (Å²) in [6.45, 7) is 10.7. The molecule has 0 radical (unpaired) electrons. The summed E-state index contributed by atoms with van der Waals surface area (Å²) in [6, 6.07) is 7.29. The molecule has 5 fully saturated rings. The molecule has 7 heteroatoms. The summed E-state index contributed by atoms with van der Waals surface area (Å²) >= 11 is 0. The monoisotopic (exact) mass is 636 g/mol. The second-order valence-electron chi connectivity index (χ2n) is 17.2. The number of aliphatic hydroxyl groups is 4. The van der Waals surface area contributed by atoms with E-state index in [1.54, 1.807) is 18.2 Å². The Balaban J connectivity index is 1.32. The van der Waals surface area contributed by atoms with Crippen LogP contribution in [0.5, 0.6) is 5.75 Å². The Morgan fingerprint density at radius 1 is 1.04 bits per heavy atom. The molecule has 12 atom stereocenters. The number of allylic oxidation sites excluding steroid dienone is 1. The zero-order valence-corrected chi connectivity index (χ0v) is 28.4. The van der Waals surface area contributed by atoms with E-state index in [-0.39, 0.29) is 47.9 Å². The number of carbonyl (C=O) groups excluding carboxylic acids is 1. The number of ketones is 1. The molecule has 46 heavy (non-hydrogen) atoms. The maximum Gasteiger partial charge on any atom is 0.159 e. The molecule has 1 heterocycles. The second-order valence-corrected chi connectivity index (χ2v) is 17.2. The maximum atomic E-state index is 14.2. The minimum absolute atomic E-state index is 0.0318. The third kappa shape index (κ3) is 4.30. The molecule has 7 nitrogen and oxygen atoms in total. The van der Waals surface area contributed by atoms with E-state index < -0.39 is 39.7 Å². The van der Waals surface area contributed by atoms with Gasteiger partial charge in [-0.05, 0) is 123 Å². The minimum Gasteiger partial charge on any atom is -0.508 e. The van der Waals surface area contributed by atoms with Gasteiger partial charge in [0.05, 0.1) is 29.5 Å². The van der Waals surface area contributed by atoms with Gasteiger partial charge in [0.1, 0.15) is 11.9 Å². The van der Waals surface area contributed by atoms with Crippen molar-refractivity contribution in [2.24, 2.45) is 45.8 Å². The summed E-state index contributed by atoms with van der Waals surface area (Å²) < 4.78 is 6.26. The zero-order chi connectivity index (χ0) is 33.0. The Morgan fingerprint density at radius 2 is 1.76 bits per heavy atom. The number of aryl methyl sites for hydroxylation is 1. The van der Waals surface area contributed by atoms with E-state index in [1.807, 2.05) is 19.1 Å². The average Bonchev–Trinajstić information content (AvgIpc) is 3.55. The molecule has 1 spiro atoms. The first-order valence-electron chi connectivity index (χ1n) is 18.1. The predicted octanol–water partition coefficient (Wildman–Crippen LogP) is 5.49. The van der Waals surface area contributed by atoms with Crippen LogP contribution in [0.15, 0.2) is 35.9 Å². The van der Waals surface area contributed by atoms with Gasteiger partial charge in [-0.2, -0.15) is 0 Å². The lowest BCUT2D eigenvalue weighted by atomic mass is 9.38. The van der Waals surface area contributed by atoms with Gasteiger partial charge in [0.15, 0.2) is 5.78 Å².